The Hall–Kier alpha value is -3.75. The largest absolute Gasteiger partial charge is 0.496 e. The summed E-state index contributed by atoms with van der Waals surface area (Å²) >= 11 is 0. The molecule has 138 valence electrons. The van der Waals surface area contributed by atoms with E-state index in [9.17, 15) is 4.79 Å². The van der Waals surface area contributed by atoms with E-state index in [-0.39, 0.29) is 12.3 Å². The highest BCUT2D eigenvalue weighted by Crippen LogP contribution is 2.29. The van der Waals surface area contributed by atoms with Crippen molar-refractivity contribution in [1.29, 1.82) is 5.41 Å². The van der Waals surface area contributed by atoms with E-state index in [1.165, 1.54) is 7.11 Å². The van der Waals surface area contributed by atoms with Crippen LogP contribution >= 0.6 is 0 Å². The van der Waals surface area contributed by atoms with E-state index in [1.54, 1.807) is 47.4 Å². The van der Waals surface area contributed by atoms with Crippen LogP contribution in [0.3, 0.4) is 0 Å². The van der Waals surface area contributed by atoms with Gasteiger partial charge in [0.25, 0.3) is 0 Å². The van der Waals surface area contributed by atoms with Crippen LogP contribution in [0.15, 0.2) is 42.9 Å². The van der Waals surface area contributed by atoms with Crippen molar-refractivity contribution in [3.63, 3.8) is 0 Å². The zero-order valence-electron chi connectivity index (χ0n) is 14.6. The lowest BCUT2D eigenvalue weighted by atomic mass is 10.1. The van der Waals surface area contributed by atoms with Gasteiger partial charge in [-0.3, -0.25) is 14.8 Å². The van der Waals surface area contributed by atoms with Crippen LogP contribution in [0.25, 0.3) is 17.1 Å². The number of benzene rings is 1. The van der Waals surface area contributed by atoms with Gasteiger partial charge in [-0.25, -0.2) is 4.98 Å². The van der Waals surface area contributed by atoms with Crippen LogP contribution in [-0.2, 0) is 11.2 Å². The summed E-state index contributed by atoms with van der Waals surface area (Å²) in [6.45, 7) is 0. The number of ether oxygens (including phenoxy) is 1. The molecule has 9 heteroatoms. The first-order chi connectivity index (χ1) is 13.0. The topological polar surface area (TPSA) is 140 Å². The lowest BCUT2D eigenvalue weighted by Gasteiger charge is -2.10. The highest BCUT2D eigenvalue weighted by Gasteiger charge is 2.11. The molecule has 4 N–H and O–H groups in total. The quantitative estimate of drug-likeness (QED) is 0.426. The van der Waals surface area contributed by atoms with E-state index in [4.69, 9.17) is 21.0 Å². The number of carboxylic acid groups (broad SMARTS) is 1. The summed E-state index contributed by atoms with van der Waals surface area (Å²) in [5.74, 6) is 0.203. The fourth-order valence-electron chi connectivity index (χ4n) is 2.53. The third kappa shape index (κ3) is 4.09. The van der Waals surface area contributed by atoms with Gasteiger partial charge in [0.05, 0.1) is 24.9 Å². The summed E-state index contributed by atoms with van der Waals surface area (Å²) in [5, 5.41) is 24.7. The van der Waals surface area contributed by atoms with Gasteiger partial charge in [-0.1, -0.05) is 6.07 Å². The van der Waals surface area contributed by atoms with Crippen LogP contribution in [0.1, 0.15) is 17.7 Å². The zero-order valence-corrected chi connectivity index (χ0v) is 14.6. The fraction of sp³-hybridized carbons (Fsp3) is 0.167. The molecule has 3 rings (SSSR count). The molecule has 2 aromatic heterocycles. The van der Waals surface area contributed by atoms with Gasteiger partial charge in [0.15, 0.2) is 5.82 Å². The van der Waals surface area contributed by atoms with Crippen molar-refractivity contribution in [2.75, 3.05) is 7.11 Å². The number of hydrogen-bond acceptors (Lipinski definition) is 6. The number of rotatable bonds is 7. The summed E-state index contributed by atoms with van der Waals surface area (Å²) in [4.78, 5) is 14.8. The van der Waals surface area contributed by atoms with Crippen LogP contribution in [0.5, 0.6) is 5.75 Å². The number of carboxylic acids is 1. The molecule has 0 amide bonds. The van der Waals surface area contributed by atoms with Gasteiger partial charge >= 0.3 is 5.97 Å². The highest BCUT2D eigenvalue weighted by atomic mass is 16.5. The molecule has 1 aromatic carbocycles. The van der Waals surface area contributed by atoms with Crippen molar-refractivity contribution in [3.05, 3.63) is 54.1 Å². The Bertz CT molecular complexity index is 981. The number of aromatic nitrogens is 4. The molecule has 0 aliphatic rings. The molecule has 2 heterocycles. The summed E-state index contributed by atoms with van der Waals surface area (Å²) < 4.78 is 7.06. The molecule has 0 bridgehead atoms. The van der Waals surface area contributed by atoms with Crippen LogP contribution in [0.2, 0.25) is 0 Å². The van der Waals surface area contributed by atoms with E-state index in [0.717, 1.165) is 5.56 Å². The summed E-state index contributed by atoms with van der Waals surface area (Å²) in [5.41, 5.74) is 8.08. The number of nitrogen functional groups attached to an aromatic ring is 1. The third-order valence-electron chi connectivity index (χ3n) is 3.93. The molecule has 27 heavy (non-hydrogen) atoms. The fourth-order valence-corrected chi connectivity index (χ4v) is 2.53. The van der Waals surface area contributed by atoms with Crippen LogP contribution in [-0.4, -0.2) is 43.8 Å². The normalized spacial score (nSPS) is 10.6. The Morgan fingerprint density at radius 2 is 2.11 bits per heavy atom. The Labute approximate surface area is 155 Å². The molecule has 3 aromatic rings. The number of nitrogens with zero attached hydrogens (tertiary/aromatic N) is 4. The zero-order chi connectivity index (χ0) is 19.4. The molecule has 0 unspecified atom stereocenters. The smallest absolute Gasteiger partial charge is 0.303 e. The van der Waals surface area contributed by atoms with Crippen molar-refractivity contribution in [1.82, 2.24) is 19.7 Å². The minimum atomic E-state index is -0.863. The number of aliphatic carboxylic acids is 1. The molecular formula is C18H18N6O3. The number of nitrogens with one attached hydrogen (secondary N) is 1. The second-order valence-electron chi connectivity index (χ2n) is 5.77. The number of imidazole rings is 1. The Morgan fingerprint density at radius 3 is 2.74 bits per heavy atom. The molecule has 9 nitrogen and oxygen atoms in total. The molecule has 0 saturated heterocycles. The lowest BCUT2D eigenvalue weighted by molar-refractivity contribution is -0.136. The summed E-state index contributed by atoms with van der Waals surface area (Å²) in [7, 11) is 1.54. The molecule has 0 aliphatic heterocycles. The van der Waals surface area contributed by atoms with Crippen LogP contribution in [0.4, 0.5) is 0 Å². The number of aryl methyl sites for hydroxylation is 1. The van der Waals surface area contributed by atoms with Crippen LogP contribution in [0, 0.1) is 5.41 Å². The number of methoxy groups -OCH3 is 1. The van der Waals surface area contributed by atoms with E-state index < -0.39 is 5.97 Å². The number of carbonyl (C=O) groups is 1. The molecule has 0 spiro atoms. The van der Waals surface area contributed by atoms with Gasteiger partial charge in [0, 0.05) is 23.7 Å². The summed E-state index contributed by atoms with van der Waals surface area (Å²) in [6, 6.07) is 8.76. The molecule has 0 atom stereocenters. The molecule has 0 aliphatic carbocycles. The molecule has 0 radical (unpaired) electrons. The first-order valence-electron chi connectivity index (χ1n) is 8.09. The van der Waals surface area contributed by atoms with Crippen molar-refractivity contribution >= 4 is 11.8 Å². The van der Waals surface area contributed by atoms with Gasteiger partial charge in [0.2, 0.25) is 0 Å². The minimum absolute atomic E-state index is 0.0255. The predicted octanol–water partition coefficient (Wildman–Crippen LogP) is 1.64. The monoisotopic (exact) mass is 366 g/mol. The first kappa shape index (κ1) is 18.1. The molecular weight excluding hydrogens is 348 g/mol. The number of nitrogens with two attached hydrogens (primary N) is 1. The second-order valence-corrected chi connectivity index (χ2v) is 5.77. The van der Waals surface area contributed by atoms with Gasteiger partial charge in [0.1, 0.15) is 17.9 Å². The standard InChI is InChI=1S/C18H18N6O3/c1-27-15-8-11(18(19)20)2-4-13(15)14-5-6-16(23-22-14)24-9-12(21-10-24)3-7-17(25)26/h2,4-6,8-10H,3,7H2,1H3,(H3,19,20)(H,25,26). The van der Waals surface area contributed by atoms with Crippen molar-refractivity contribution in [2.45, 2.75) is 12.8 Å². The van der Waals surface area contributed by atoms with E-state index in [2.05, 4.69) is 15.2 Å². The van der Waals surface area contributed by atoms with Gasteiger partial charge in [-0.2, -0.15) is 0 Å². The van der Waals surface area contributed by atoms with Gasteiger partial charge in [-0.05, 0) is 24.3 Å². The van der Waals surface area contributed by atoms with E-state index in [0.29, 0.717) is 34.9 Å². The Morgan fingerprint density at radius 1 is 1.30 bits per heavy atom. The predicted molar refractivity (Wildman–Crippen MR) is 98.1 cm³/mol. The third-order valence-corrected chi connectivity index (χ3v) is 3.93. The van der Waals surface area contributed by atoms with Gasteiger partial charge < -0.3 is 15.6 Å². The number of hydrogen-bond donors (Lipinski definition) is 3. The molecule has 0 fully saturated rings. The van der Waals surface area contributed by atoms with E-state index in [1.807, 2.05) is 0 Å². The Balaban J connectivity index is 1.83. The van der Waals surface area contributed by atoms with Crippen LogP contribution < -0.4 is 10.5 Å². The Kier molecular flexibility index (Phi) is 5.11. The van der Waals surface area contributed by atoms with Crippen molar-refractivity contribution < 1.29 is 14.6 Å². The average molecular weight is 366 g/mol. The van der Waals surface area contributed by atoms with Gasteiger partial charge in [-0.15, -0.1) is 10.2 Å². The van der Waals surface area contributed by atoms with E-state index >= 15 is 0 Å². The SMILES string of the molecule is COc1cc(C(=N)N)ccc1-c1ccc(-n2cnc(CCC(=O)O)c2)nn1. The maximum absolute atomic E-state index is 10.6. The maximum atomic E-state index is 10.6. The maximum Gasteiger partial charge on any atom is 0.303 e. The number of amidine groups is 1. The minimum Gasteiger partial charge on any atom is -0.496 e. The highest BCUT2D eigenvalue weighted by molar-refractivity contribution is 5.96. The lowest BCUT2D eigenvalue weighted by Crippen LogP contribution is -2.11. The molecule has 0 saturated carbocycles. The average Bonchev–Trinajstić information content (AvgIpc) is 3.15. The second kappa shape index (κ2) is 7.65. The van der Waals surface area contributed by atoms with Crippen molar-refractivity contribution in [2.24, 2.45) is 5.73 Å². The van der Waals surface area contributed by atoms with Crippen molar-refractivity contribution in [3.8, 4) is 22.8 Å². The summed E-state index contributed by atoms with van der Waals surface area (Å²) in [6.07, 6.45) is 3.68. The first-order valence-corrected chi connectivity index (χ1v) is 8.09.